The molecular formula is C19H18ClNO4. The largest absolute Gasteiger partial charge is 0.497 e. The number of halogens is 1. The minimum Gasteiger partial charge on any atom is -0.497 e. The van der Waals surface area contributed by atoms with E-state index in [0.29, 0.717) is 27.8 Å². The molecule has 0 saturated carbocycles. The van der Waals surface area contributed by atoms with Crippen LogP contribution in [0.3, 0.4) is 0 Å². The maximum Gasteiger partial charge on any atom is 0.252 e. The summed E-state index contributed by atoms with van der Waals surface area (Å²) in [6, 6.07) is 12.1. The Bertz CT molecular complexity index is 773. The van der Waals surface area contributed by atoms with E-state index < -0.39 is 0 Å². The molecule has 2 aromatic carbocycles. The predicted octanol–water partition coefficient (Wildman–Crippen LogP) is 3.17. The Morgan fingerprint density at radius 2 is 1.76 bits per heavy atom. The van der Waals surface area contributed by atoms with E-state index in [1.54, 1.807) is 30.3 Å². The normalized spacial score (nSPS) is 9.56. The SMILES string of the molecule is COc1cc(OC)cc(C(=O)NCC#CCOc2ccccc2Cl)c1. The van der Waals surface area contributed by atoms with E-state index in [1.807, 2.05) is 12.1 Å². The van der Waals surface area contributed by atoms with Crippen LogP contribution in [-0.4, -0.2) is 33.3 Å². The summed E-state index contributed by atoms with van der Waals surface area (Å²) in [4.78, 5) is 12.1. The third-order valence-electron chi connectivity index (χ3n) is 3.21. The molecule has 25 heavy (non-hydrogen) atoms. The fraction of sp³-hybridized carbons (Fsp3) is 0.211. The summed E-state index contributed by atoms with van der Waals surface area (Å²) < 4.78 is 15.7. The van der Waals surface area contributed by atoms with Gasteiger partial charge in [0.15, 0.2) is 0 Å². The minimum absolute atomic E-state index is 0.187. The molecule has 0 saturated heterocycles. The van der Waals surface area contributed by atoms with E-state index in [9.17, 15) is 4.79 Å². The second kappa shape index (κ2) is 9.45. The van der Waals surface area contributed by atoms with E-state index >= 15 is 0 Å². The first-order chi connectivity index (χ1) is 12.1. The van der Waals surface area contributed by atoms with Crippen LogP contribution < -0.4 is 19.5 Å². The summed E-state index contributed by atoms with van der Waals surface area (Å²) in [7, 11) is 3.06. The zero-order chi connectivity index (χ0) is 18.1. The van der Waals surface area contributed by atoms with Crippen molar-refractivity contribution in [3.05, 3.63) is 53.1 Å². The lowest BCUT2D eigenvalue weighted by Crippen LogP contribution is -2.23. The lowest BCUT2D eigenvalue weighted by molar-refractivity contribution is 0.0958. The van der Waals surface area contributed by atoms with Crippen molar-refractivity contribution >= 4 is 17.5 Å². The van der Waals surface area contributed by atoms with E-state index in [0.717, 1.165) is 0 Å². The van der Waals surface area contributed by atoms with Gasteiger partial charge in [-0.2, -0.15) is 0 Å². The van der Waals surface area contributed by atoms with Crippen molar-refractivity contribution < 1.29 is 19.0 Å². The quantitative estimate of drug-likeness (QED) is 0.805. The van der Waals surface area contributed by atoms with Crippen LogP contribution in [0.15, 0.2) is 42.5 Å². The van der Waals surface area contributed by atoms with Gasteiger partial charge in [0.2, 0.25) is 0 Å². The Morgan fingerprint density at radius 1 is 1.08 bits per heavy atom. The van der Waals surface area contributed by atoms with Gasteiger partial charge < -0.3 is 19.5 Å². The first-order valence-corrected chi connectivity index (χ1v) is 7.86. The fourth-order valence-corrected chi connectivity index (χ4v) is 2.14. The van der Waals surface area contributed by atoms with E-state index in [4.69, 9.17) is 25.8 Å². The molecule has 0 bridgehead atoms. The van der Waals surface area contributed by atoms with E-state index in [-0.39, 0.29) is 19.1 Å². The summed E-state index contributed by atoms with van der Waals surface area (Å²) in [5, 5.41) is 3.24. The van der Waals surface area contributed by atoms with Crippen LogP contribution in [0, 0.1) is 11.8 Å². The number of para-hydroxylation sites is 1. The van der Waals surface area contributed by atoms with Crippen LogP contribution in [0.2, 0.25) is 5.02 Å². The second-order valence-corrected chi connectivity index (χ2v) is 5.26. The van der Waals surface area contributed by atoms with Gasteiger partial charge in [0.1, 0.15) is 23.9 Å². The molecule has 6 heteroatoms. The molecule has 0 aliphatic rings. The molecule has 1 amide bonds. The van der Waals surface area contributed by atoms with Gasteiger partial charge in [-0.1, -0.05) is 35.6 Å². The number of hydrogen-bond acceptors (Lipinski definition) is 4. The molecule has 1 N–H and O–H groups in total. The molecule has 0 unspecified atom stereocenters. The van der Waals surface area contributed by atoms with E-state index in [2.05, 4.69) is 17.2 Å². The van der Waals surface area contributed by atoms with Crippen LogP contribution in [0.4, 0.5) is 0 Å². The van der Waals surface area contributed by atoms with Gasteiger partial charge in [0.25, 0.3) is 5.91 Å². The first kappa shape index (κ1) is 18.5. The van der Waals surface area contributed by atoms with Gasteiger partial charge in [-0.05, 0) is 24.3 Å². The highest BCUT2D eigenvalue weighted by atomic mass is 35.5. The molecule has 0 spiro atoms. The third kappa shape index (κ3) is 5.63. The zero-order valence-electron chi connectivity index (χ0n) is 14.0. The molecule has 0 fully saturated rings. The van der Waals surface area contributed by atoms with Crippen molar-refractivity contribution in [3.8, 4) is 29.1 Å². The number of carbonyl (C=O) groups excluding carboxylic acids is 1. The lowest BCUT2D eigenvalue weighted by atomic mass is 10.2. The smallest absolute Gasteiger partial charge is 0.252 e. The Kier molecular flexibility index (Phi) is 7.00. The standard InChI is InChI=1S/C19H18ClNO4/c1-23-15-11-14(12-16(13-15)24-2)19(22)21-9-5-6-10-25-18-8-4-3-7-17(18)20/h3-4,7-8,11-13H,9-10H2,1-2H3,(H,21,22). The molecular weight excluding hydrogens is 342 g/mol. The highest BCUT2D eigenvalue weighted by Crippen LogP contribution is 2.23. The Hall–Kier alpha value is -2.84. The van der Waals surface area contributed by atoms with Crippen LogP contribution in [0.25, 0.3) is 0 Å². The Balaban J connectivity index is 1.84. The number of carbonyl (C=O) groups is 1. The number of amides is 1. The van der Waals surface area contributed by atoms with Gasteiger partial charge in [0.05, 0.1) is 25.8 Å². The van der Waals surface area contributed by atoms with Crippen LogP contribution in [-0.2, 0) is 0 Å². The van der Waals surface area contributed by atoms with Gasteiger partial charge in [-0.3, -0.25) is 4.79 Å². The number of benzene rings is 2. The maximum absolute atomic E-state index is 12.1. The molecule has 0 aliphatic carbocycles. The third-order valence-corrected chi connectivity index (χ3v) is 3.52. The summed E-state index contributed by atoms with van der Waals surface area (Å²) in [6.07, 6.45) is 0. The summed E-state index contributed by atoms with van der Waals surface area (Å²) in [6.45, 7) is 0.386. The zero-order valence-corrected chi connectivity index (χ0v) is 14.7. The molecule has 0 aromatic heterocycles. The van der Waals surface area contributed by atoms with Crippen molar-refractivity contribution in [2.45, 2.75) is 0 Å². The molecule has 0 radical (unpaired) electrons. The Labute approximate surface area is 151 Å². The monoisotopic (exact) mass is 359 g/mol. The Morgan fingerprint density at radius 3 is 2.40 bits per heavy atom. The molecule has 2 rings (SSSR count). The van der Waals surface area contributed by atoms with Gasteiger partial charge in [-0.15, -0.1) is 0 Å². The molecule has 0 atom stereocenters. The van der Waals surface area contributed by atoms with Crippen molar-refractivity contribution in [2.24, 2.45) is 0 Å². The van der Waals surface area contributed by atoms with Crippen molar-refractivity contribution in [2.75, 3.05) is 27.4 Å². The summed E-state index contributed by atoms with van der Waals surface area (Å²) >= 11 is 5.97. The fourth-order valence-electron chi connectivity index (χ4n) is 1.95. The number of nitrogens with one attached hydrogen (secondary N) is 1. The summed E-state index contributed by atoms with van der Waals surface area (Å²) in [5.41, 5.74) is 0.435. The van der Waals surface area contributed by atoms with E-state index in [1.165, 1.54) is 14.2 Å². The van der Waals surface area contributed by atoms with Crippen LogP contribution in [0.1, 0.15) is 10.4 Å². The highest BCUT2D eigenvalue weighted by Gasteiger charge is 2.08. The minimum atomic E-state index is -0.265. The number of methoxy groups -OCH3 is 2. The van der Waals surface area contributed by atoms with Crippen molar-refractivity contribution in [1.82, 2.24) is 5.32 Å². The number of hydrogen-bond donors (Lipinski definition) is 1. The van der Waals surface area contributed by atoms with Crippen LogP contribution in [0.5, 0.6) is 17.2 Å². The van der Waals surface area contributed by atoms with Crippen molar-refractivity contribution in [3.63, 3.8) is 0 Å². The van der Waals surface area contributed by atoms with Gasteiger partial charge in [-0.25, -0.2) is 0 Å². The molecule has 130 valence electrons. The second-order valence-electron chi connectivity index (χ2n) is 4.86. The number of rotatable bonds is 6. The predicted molar refractivity (Wildman–Crippen MR) is 96.6 cm³/mol. The highest BCUT2D eigenvalue weighted by molar-refractivity contribution is 6.32. The average Bonchev–Trinajstić information content (AvgIpc) is 2.65. The first-order valence-electron chi connectivity index (χ1n) is 7.48. The average molecular weight is 360 g/mol. The molecule has 5 nitrogen and oxygen atoms in total. The lowest BCUT2D eigenvalue weighted by Gasteiger charge is -2.08. The topological polar surface area (TPSA) is 56.8 Å². The summed E-state index contributed by atoms with van der Waals surface area (Å²) in [5.74, 6) is 7.04. The van der Waals surface area contributed by atoms with Crippen molar-refractivity contribution in [1.29, 1.82) is 0 Å². The molecule has 0 aliphatic heterocycles. The van der Waals surface area contributed by atoms with Gasteiger partial charge >= 0.3 is 0 Å². The number of ether oxygens (including phenoxy) is 3. The van der Waals surface area contributed by atoms with Gasteiger partial charge in [0, 0.05) is 11.6 Å². The van der Waals surface area contributed by atoms with Crippen LogP contribution >= 0.6 is 11.6 Å². The molecule has 0 heterocycles. The molecule has 2 aromatic rings. The maximum atomic E-state index is 12.1.